The number of piperidine rings is 1. The van der Waals surface area contributed by atoms with Crippen LogP contribution in [-0.4, -0.2) is 49.6 Å². The molecule has 0 bridgehead atoms. The van der Waals surface area contributed by atoms with Crippen molar-refractivity contribution in [2.45, 2.75) is 37.5 Å². The maximum atomic E-state index is 13.3. The first kappa shape index (κ1) is 15.6. The van der Waals surface area contributed by atoms with E-state index in [1.165, 1.54) is 12.1 Å². The van der Waals surface area contributed by atoms with Gasteiger partial charge in [-0.1, -0.05) is 0 Å². The van der Waals surface area contributed by atoms with Crippen molar-refractivity contribution in [1.29, 1.82) is 0 Å². The van der Waals surface area contributed by atoms with Gasteiger partial charge in [-0.25, -0.2) is 8.78 Å². The molecule has 122 valence electrons. The van der Waals surface area contributed by atoms with Gasteiger partial charge in [-0.15, -0.1) is 0 Å². The molecule has 2 aliphatic heterocycles. The van der Waals surface area contributed by atoms with Gasteiger partial charge in [0, 0.05) is 37.5 Å². The van der Waals surface area contributed by atoms with Gasteiger partial charge in [-0.3, -0.25) is 0 Å². The normalized spacial score (nSPS) is 27.1. The van der Waals surface area contributed by atoms with E-state index in [4.69, 9.17) is 4.74 Å². The van der Waals surface area contributed by atoms with Crippen molar-refractivity contribution in [2.75, 3.05) is 31.2 Å². The van der Waals surface area contributed by atoms with Crippen molar-refractivity contribution in [3.05, 3.63) is 29.8 Å². The highest BCUT2D eigenvalue weighted by atomic mass is 19.2. The number of nitrogens with zero attached hydrogens (tertiary/aromatic N) is 1. The number of anilines is 1. The van der Waals surface area contributed by atoms with E-state index in [1.807, 2.05) is 0 Å². The lowest BCUT2D eigenvalue weighted by Crippen LogP contribution is -2.53. The van der Waals surface area contributed by atoms with Crippen LogP contribution in [0.4, 0.5) is 14.5 Å². The first-order valence-electron chi connectivity index (χ1n) is 7.85. The minimum absolute atomic E-state index is 0.00596. The first-order chi connectivity index (χ1) is 10.6. The molecule has 0 unspecified atom stereocenters. The van der Waals surface area contributed by atoms with Crippen molar-refractivity contribution >= 4 is 5.69 Å². The minimum atomic E-state index is -0.813. The van der Waals surface area contributed by atoms with E-state index in [0.29, 0.717) is 25.7 Å². The predicted molar refractivity (Wildman–Crippen MR) is 80.0 cm³/mol. The Hall–Kier alpha value is -1.24. The fraction of sp³-hybridized carbons (Fsp3) is 0.625. The zero-order valence-electron chi connectivity index (χ0n) is 12.5. The van der Waals surface area contributed by atoms with Crippen molar-refractivity contribution in [3.8, 4) is 0 Å². The Morgan fingerprint density at radius 2 is 1.91 bits per heavy atom. The third kappa shape index (κ3) is 3.56. The molecular weight excluding hydrogens is 290 g/mol. The Morgan fingerprint density at radius 1 is 1.14 bits per heavy atom. The molecule has 0 amide bonds. The van der Waals surface area contributed by atoms with Crippen LogP contribution < -0.4 is 10.2 Å². The molecular formula is C16H22F2N2O2. The molecule has 0 spiro atoms. The molecule has 2 aliphatic rings. The van der Waals surface area contributed by atoms with Crippen LogP contribution in [0.3, 0.4) is 0 Å². The Labute approximate surface area is 129 Å². The number of hydrogen-bond acceptors (Lipinski definition) is 4. The van der Waals surface area contributed by atoms with Gasteiger partial charge in [-0.05, 0) is 31.4 Å². The molecule has 0 aromatic heterocycles. The van der Waals surface area contributed by atoms with E-state index < -0.39 is 11.6 Å². The van der Waals surface area contributed by atoms with Gasteiger partial charge in [0.15, 0.2) is 11.6 Å². The zero-order chi connectivity index (χ0) is 15.5. The van der Waals surface area contributed by atoms with Crippen LogP contribution in [0, 0.1) is 11.6 Å². The van der Waals surface area contributed by atoms with E-state index in [-0.39, 0.29) is 12.1 Å². The van der Waals surface area contributed by atoms with Gasteiger partial charge >= 0.3 is 0 Å². The molecule has 0 radical (unpaired) electrons. The zero-order valence-corrected chi connectivity index (χ0v) is 12.5. The lowest BCUT2D eigenvalue weighted by atomic mass is 10.00. The molecule has 0 saturated carbocycles. The summed E-state index contributed by atoms with van der Waals surface area (Å²) in [7, 11) is 0. The molecule has 0 aliphatic carbocycles. The number of nitrogens with one attached hydrogen (secondary N) is 1. The van der Waals surface area contributed by atoms with E-state index >= 15 is 0 Å². The van der Waals surface area contributed by atoms with Crippen LogP contribution in [0.2, 0.25) is 0 Å². The summed E-state index contributed by atoms with van der Waals surface area (Å²) in [6.07, 6.45) is 2.13. The predicted octanol–water partition coefficient (Wildman–Crippen LogP) is 1.67. The third-order valence-corrected chi connectivity index (χ3v) is 4.53. The van der Waals surface area contributed by atoms with Crippen LogP contribution in [0.1, 0.15) is 19.3 Å². The standard InChI is InChI=1S/C16H22F2N2O2/c17-13-2-1-12(9-14(13)18)20-6-3-11(4-7-20)19-15-10-22-8-5-16(15)21/h1-2,9,11,15-16,19,21H,3-8,10H2/t15-,16-/m1/s1. The van der Waals surface area contributed by atoms with Crippen molar-refractivity contribution in [3.63, 3.8) is 0 Å². The second-order valence-corrected chi connectivity index (χ2v) is 6.06. The smallest absolute Gasteiger partial charge is 0.160 e. The topological polar surface area (TPSA) is 44.7 Å². The molecule has 2 atom stereocenters. The molecule has 2 N–H and O–H groups in total. The first-order valence-corrected chi connectivity index (χ1v) is 7.85. The van der Waals surface area contributed by atoms with Gasteiger partial charge in [0.25, 0.3) is 0 Å². The number of halogens is 2. The molecule has 2 saturated heterocycles. The van der Waals surface area contributed by atoms with Gasteiger partial charge < -0.3 is 20.1 Å². The van der Waals surface area contributed by atoms with E-state index in [1.54, 1.807) is 6.07 Å². The molecule has 22 heavy (non-hydrogen) atoms. The fourth-order valence-corrected chi connectivity index (χ4v) is 3.17. The van der Waals surface area contributed by atoms with E-state index in [9.17, 15) is 13.9 Å². The molecule has 1 aromatic carbocycles. The average Bonchev–Trinajstić information content (AvgIpc) is 2.53. The lowest BCUT2D eigenvalue weighted by molar-refractivity contribution is -0.0198. The van der Waals surface area contributed by atoms with Crippen LogP contribution in [0.15, 0.2) is 18.2 Å². The molecule has 1 aromatic rings. The summed E-state index contributed by atoms with van der Waals surface area (Å²) >= 11 is 0. The highest BCUT2D eigenvalue weighted by Crippen LogP contribution is 2.22. The number of aliphatic hydroxyl groups excluding tert-OH is 1. The number of ether oxygens (including phenoxy) is 1. The highest BCUT2D eigenvalue weighted by molar-refractivity contribution is 5.47. The average molecular weight is 312 g/mol. The summed E-state index contributed by atoms with van der Waals surface area (Å²) in [5.41, 5.74) is 0.721. The summed E-state index contributed by atoms with van der Waals surface area (Å²) < 4.78 is 31.7. The van der Waals surface area contributed by atoms with Crippen LogP contribution in [0.25, 0.3) is 0 Å². The summed E-state index contributed by atoms with van der Waals surface area (Å²) in [5.74, 6) is -1.62. The number of rotatable bonds is 3. The van der Waals surface area contributed by atoms with Crippen LogP contribution >= 0.6 is 0 Å². The van der Waals surface area contributed by atoms with E-state index in [2.05, 4.69) is 10.2 Å². The third-order valence-electron chi connectivity index (χ3n) is 4.53. The van der Waals surface area contributed by atoms with Crippen LogP contribution in [-0.2, 0) is 4.74 Å². The van der Waals surface area contributed by atoms with Crippen LogP contribution in [0.5, 0.6) is 0 Å². The number of benzene rings is 1. The maximum absolute atomic E-state index is 13.3. The highest BCUT2D eigenvalue weighted by Gasteiger charge is 2.28. The largest absolute Gasteiger partial charge is 0.391 e. The summed E-state index contributed by atoms with van der Waals surface area (Å²) in [5, 5.41) is 13.4. The van der Waals surface area contributed by atoms with Gasteiger partial charge in [0.1, 0.15) is 0 Å². The fourth-order valence-electron chi connectivity index (χ4n) is 3.17. The number of aliphatic hydroxyl groups is 1. The summed E-state index contributed by atoms with van der Waals surface area (Å²) in [6.45, 7) is 2.73. The van der Waals surface area contributed by atoms with E-state index in [0.717, 1.165) is 31.6 Å². The number of hydrogen-bond donors (Lipinski definition) is 2. The summed E-state index contributed by atoms with van der Waals surface area (Å²) in [6, 6.07) is 4.36. The van der Waals surface area contributed by atoms with Crippen molar-refractivity contribution < 1.29 is 18.6 Å². The monoisotopic (exact) mass is 312 g/mol. The molecule has 3 rings (SSSR count). The second kappa shape index (κ2) is 6.89. The Balaban J connectivity index is 1.52. The Bertz CT molecular complexity index is 507. The second-order valence-electron chi connectivity index (χ2n) is 6.06. The van der Waals surface area contributed by atoms with Crippen molar-refractivity contribution in [1.82, 2.24) is 5.32 Å². The SMILES string of the molecule is O[C@@H]1CCOC[C@H]1NC1CCN(c2ccc(F)c(F)c2)CC1. The lowest BCUT2D eigenvalue weighted by Gasteiger charge is -2.38. The van der Waals surface area contributed by atoms with Gasteiger partial charge in [0.2, 0.25) is 0 Å². The Kier molecular flexibility index (Phi) is 4.90. The molecule has 2 heterocycles. The quantitative estimate of drug-likeness (QED) is 0.891. The summed E-state index contributed by atoms with van der Waals surface area (Å²) in [4.78, 5) is 2.06. The maximum Gasteiger partial charge on any atom is 0.160 e. The molecule has 2 fully saturated rings. The Morgan fingerprint density at radius 3 is 2.59 bits per heavy atom. The molecule has 4 nitrogen and oxygen atoms in total. The van der Waals surface area contributed by atoms with Gasteiger partial charge in [0.05, 0.1) is 18.8 Å². The minimum Gasteiger partial charge on any atom is -0.391 e. The van der Waals surface area contributed by atoms with Gasteiger partial charge in [-0.2, -0.15) is 0 Å². The molecule has 6 heteroatoms. The van der Waals surface area contributed by atoms with Crippen molar-refractivity contribution in [2.24, 2.45) is 0 Å².